The van der Waals surface area contributed by atoms with E-state index < -0.39 is 0 Å². The monoisotopic (exact) mass is 231 g/mol. The fourth-order valence-corrected chi connectivity index (χ4v) is 3.07. The van der Waals surface area contributed by atoms with Crippen molar-refractivity contribution in [3.63, 3.8) is 0 Å². The highest BCUT2D eigenvalue weighted by molar-refractivity contribution is 5.18. The molecule has 1 aliphatic heterocycles. The predicted molar refractivity (Wildman–Crippen MR) is 68.7 cm³/mol. The molecule has 1 aromatic rings. The molecule has 0 radical (unpaired) electrons. The second kappa shape index (κ2) is 5.19. The fourth-order valence-electron chi connectivity index (χ4n) is 3.07. The van der Waals surface area contributed by atoms with Gasteiger partial charge in [0.05, 0.1) is 6.10 Å². The third-order valence-corrected chi connectivity index (χ3v) is 4.10. The number of hydrogen-bond acceptors (Lipinski definition) is 2. The smallest absolute Gasteiger partial charge is 0.100 e. The van der Waals surface area contributed by atoms with Gasteiger partial charge in [-0.3, -0.25) is 4.90 Å². The zero-order valence-electron chi connectivity index (χ0n) is 10.3. The van der Waals surface area contributed by atoms with Gasteiger partial charge in [-0.05, 0) is 18.4 Å². The fraction of sp³-hybridized carbons (Fsp3) is 0.600. The van der Waals surface area contributed by atoms with Crippen molar-refractivity contribution in [1.82, 2.24) is 4.90 Å². The summed E-state index contributed by atoms with van der Waals surface area (Å²) < 4.78 is 5.93. The summed E-state index contributed by atoms with van der Waals surface area (Å²) in [7, 11) is 0. The maximum absolute atomic E-state index is 5.93. The molecule has 0 spiro atoms. The maximum atomic E-state index is 5.93. The Balaban J connectivity index is 1.61. The van der Waals surface area contributed by atoms with Gasteiger partial charge in [-0.25, -0.2) is 0 Å². The van der Waals surface area contributed by atoms with Crippen LogP contribution in [0.2, 0.25) is 0 Å². The van der Waals surface area contributed by atoms with Gasteiger partial charge >= 0.3 is 0 Å². The summed E-state index contributed by atoms with van der Waals surface area (Å²) in [5.41, 5.74) is 1.32. The van der Waals surface area contributed by atoms with E-state index in [4.69, 9.17) is 4.74 Å². The Morgan fingerprint density at radius 1 is 1.00 bits per heavy atom. The van der Waals surface area contributed by atoms with Crippen LogP contribution in [0.15, 0.2) is 30.3 Å². The molecule has 92 valence electrons. The van der Waals surface area contributed by atoms with E-state index in [-0.39, 0.29) is 6.10 Å². The van der Waals surface area contributed by atoms with Crippen molar-refractivity contribution in [2.75, 3.05) is 13.3 Å². The van der Waals surface area contributed by atoms with Crippen molar-refractivity contribution in [3.8, 4) is 0 Å². The summed E-state index contributed by atoms with van der Waals surface area (Å²) in [6.45, 7) is 1.90. The quantitative estimate of drug-likeness (QED) is 0.774. The van der Waals surface area contributed by atoms with E-state index in [0.717, 1.165) is 19.3 Å². The van der Waals surface area contributed by atoms with Crippen LogP contribution in [-0.2, 0) is 4.74 Å². The van der Waals surface area contributed by atoms with Crippen LogP contribution in [-0.4, -0.2) is 24.2 Å². The van der Waals surface area contributed by atoms with Gasteiger partial charge in [-0.2, -0.15) is 0 Å². The predicted octanol–water partition coefficient (Wildman–Crippen LogP) is 3.35. The maximum Gasteiger partial charge on any atom is 0.100 e. The molecule has 2 aliphatic rings. The third kappa shape index (κ3) is 2.53. The molecule has 0 bridgehead atoms. The number of nitrogens with zero attached hydrogens (tertiary/aromatic N) is 1. The summed E-state index contributed by atoms with van der Waals surface area (Å²) in [5, 5.41) is 0. The first kappa shape index (κ1) is 11.2. The van der Waals surface area contributed by atoms with Gasteiger partial charge in [-0.15, -0.1) is 0 Å². The topological polar surface area (TPSA) is 12.5 Å². The number of ether oxygens (including phenoxy) is 1. The van der Waals surface area contributed by atoms with Crippen molar-refractivity contribution in [2.24, 2.45) is 0 Å². The summed E-state index contributed by atoms with van der Waals surface area (Å²) in [4.78, 5) is 2.54. The molecular formula is C15H21NO. The first-order chi connectivity index (χ1) is 8.43. The van der Waals surface area contributed by atoms with Gasteiger partial charge in [-0.1, -0.05) is 49.6 Å². The van der Waals surface area contributed by atoms with Gasteiger partial charge in [0.2, 0.25) is 0 Å². The summed E-state index contributed by atoms with van der Waals surface area (Å²) >= 11 is 0. The molecule has 0 aromatic heterocycles. The van der Waals surface area contributed by atoms with Crippen LogP contribution in [0.5, 0.6) is 0 Å². The summed E-state index contributed by atoms with van der Waals surface area (Å²) in [5.74, 6) is 0. The van der Waals surface area contributed by atoms with E-state index in [2.05, 4.69) is 35.2 Å². The normalized spacial score (nSPS) is 27.4. The molecule has 1 unspecified atom stereocenters. The molecule has 1 aliphatic carbocycles. The molecular weight excluding hydrogens is 210 g/mol. The number of hydrogen-bond donors (Lipinski definition) is 0. The van der Waals surface area contributed by atoms with Crippen molar-refractivity contribution in [2.45, 2.75) is 44.2 Å². The molecule has 0 N–H and O–H groups in total. The SMILES string of the molecule is c1ccc(C2CN(C3CCCCC3)CO2)cc1. The van der Waals surface area contributed by atoms with Crippen LogP contribution in [0.4, 0.5) is 0 Å². The van der Waals surface area contributed by atoms with E-state index >= 15 is 0 Å². The molecule has 1 aromatic carbocycles. The number of benzene rings is 1. The van der Waals surface area contributed by atoms with Crippen LogP contribution >= 0.6 is 0 Å². The van der Waals surface area contributed by atoms with Crippen LogP contribution in [0, 0.1) is 0 Å². The van der Waals surface area contributed by atoms with Crippen molar-refractivity contribution >= 4 is 0 Å². The summed E-state index contributed by atoms with van der Waals surface area (Å²) in [6.07, 6.45) is 7.25. The molecule has 2 nitrogen and oxygen atoms in total. The molecule has 1 atom stereocenters. The van der Waals surface area contributed by atoms with Crippen LogP contribution in [0.25, 0.3) is 0 Å². The van der Waals surface area contributed by atoms with Crippen LogP contribution in [0.1, 0.15) is 43.8 Å². The minimum atomic E-state index is 0.290. The van der Waals surface area contributed by atoms with E-state index in [1.54, 1.807) is 0 Å². The van der Waals surface area contributed by atoms with E-state index in [1.807, 2.05) is 0 Å². The second-order valence-corrected chi connectivity index (χ2v) is 5.26. The Kier molecular flexibility index (Phi) is 3.44. The van der Waals surface area contributed by atoms with Gasteiger partial charge in [0.25, 0.3) is 0 Å². The van der Waals surface area contributed by atoms with Gasteiger partial charge in [0.15, 0.2) is 0 Å². The molecule has 2 fully saturated rings. The highest BCUT2D eigenvalue weighted by atomic mass is 16.5. The molecule has 0 amide bonds. The molecule has 17 heavy (non-hydrogen) atoms. The Bertz CT molecular complexity index is 345. The van der Waals surface area contributed by atoms with Crippen LogP contribution in [0.3, 0.4) is 0 Å². The lowest BCUT2D eigenvalue weighted by molar-refractivity contribution is 0.0698. The van der Waals surface area contributed by atoms with E-state index in [9.17, 15) is 0 Å². The minimum absolute atomic E-state index is 0.290. The largest absolute Gasteiger partial charge is 0.357 e. The van der Waals surface area contributed by atoms with Gasteiger partial charge < -0.3 is 4.74 Å². The van der Waals surface area contributed by atoms with Gasteiger partial charge in [0, 0.05) is 12.6 Å². The van der Waals surface area contributed by atoms with E-state index in [1.165, 1.54) is 37.7 Å². The average Bonchev–Trinajstić information content (AvgIpc) is 2.90. The molecule has 1 saturated carbocycles. The molecule has 1 saturated heterocycles. The van der Waals surface area contributed by atoms with Crippen molar-refractivity contribution in [3.05, 3.63) is 35.9 Å². The minimum Gasteiger partial charge on any atom is -0.357 e. The van der Waals surface area contributed by atoms with Gasteiger partial charge in [0.1, 0.15) is 6.73 Å². The zero-order chi connectivity index (χ0) is 11.5. The third-order valence-electron chi connectivity index (χ3n) is 4.10. The Labute approximate surface area is 104 Å². The number of rotatable bonds is 2. The molecule has 2 heteroatoms. The molecule has 3 rings (SSSR count). The molecule has 1 heterocycles. The lowest BCUT2D eigenvalue weighted by Crippen LogP contribution is -2.34. The average molecular weight is 231 g/mol. The van der Waals surface area contributed by atoms with E-state index in [0.29, 0.717) is 0 Å². The Hall–Kier alpha value is -0.860. The lowest BCUT2D eigenvalue weighted by Gasteiger charge is -2.29. The van der Waals surface area contributed by atoms with Crippen molar-refractivity contribution in [1.29, 1.82) is 0 Å². The first-order valence-electron chi connectivity index (χ1n) is 6.84. The second-order valence-electron chi connectivity index (χ2n) is 5.26. The Morgan fingerprint density at radius 3 is 2.53 bits per heavy atom. The summed E-state index contributed by atoms with van der Waals surface area (Å²) in [6, 6.07) is 11.4. The van der Waals surface area contributed by atoms with Crippen molar-refractivity contribution < 1.29 is 4.74 Å². The highest BCUT2D eigenvalue weighted by Gasteiger charge is 2.30. The zero-order valence-corrected chi connectivity index (χ0v) is 10.3. The standard InChI is InChI=1S/C15H21NO/c1-3-7-13(8-4-1)15-11-16(12-17-15)14-9-5-2-6-10-14/h1,3-4,7-8,14-15H,2,5-6,9-12H2. The Morgan fingerprint density at radius 2 is 1.76 bits per heavy atom. The highest BCUT2D eigenvalue weighted by Crippen LogP contribution is 2.30. The first-order valence-corrected chi connectivity index (χ1v) is 6.84. The van der Waals surface area contributed by atoms with Crippen LogP contribution < -0.4 is 0 Å². The lowest BCUT2D eigenvalue weighted by atomic mass is 9.94.